The van der Waals surface area contributed by atoms with Gasteiger partial charge in [0.1, 0.15) is 10.5 Å². The Labute approximate surface area is 263 Å². The average Bonchev–Trinajstić information content (AvgIpc) is 3.58. The van der Waals surface area contributed by atoms with E-state index in [1.807, 2.05) is 12.1 Å². The monoisotopic (exact) mass is 686 g/mol. The van der Waals surface area contributed by atoms with Gasteiger partial charge in [0.15, 0.2) is 27.6 Å². The van der Waals surface area contributed by atoms with E-state index in [2.05, 4.69) is 62.5 Å². The van der Waals surface area contributed by atoms with Crippen LogP contribution in [0.3, 0.4) is 0 Å². The highest BCUT2D eigenvalue weighted by Crippen LogP contribution is 2.50. The summed E-state index contributed by atoms with van der Waals surface area (Å²) in [7, 11) is -1.23. The third-order valence-corrected chi connectivity index (χ3v) is 11.9. The van der Waals surface area contributed by atoms with E-state index in [0.717, 1.165) is 65.3 Å². The number of fused-ring (bicyclic) bond motifs is 2. The van der Waals surface area contributed by atoms with Crippen LogP contribution in [0.4, 0.5) is 21.9 Å². The molecule has 0 saturated heterocycles. The zero-order valence-corrected chi connectivity index (χ0v) is 28.6. The van der Waals surface area contributed by atoms with E-state index in [9.17, 15) is 4.79 Å². The van der Waals surface area contributed by atoms with Gasteiger partial charge in [-0.3, -0.25) is 4.90 Å². The van der Waals surface area contributed by atoms with Crippen LogP contribution >= 0.6 is 38.6 Å². The van der Waals surface area contributed by atoms with Gasteiger partial charge in [0, 0.05) is 32.4 Å². The quantitative estimate of drug-likeness (QED) is 0.0675. The number of esters is 1. The molecule has 222 valence electrons. The first-order valence-electron chi connectivity index (χ1n) is 14.4. The van der Waals surface area contributed by atoms with Crippen molar-refractivity contribution >= 4 is 84.8 Å². The fourth-order valence-electron chi connectivity index (χ4n) is 5.08. The molecule has 1 saturated carbocycles. The Morgan fingerprint density at radius 1 is 1.17 bits per heavy atom. The zero-order chi connectivity index (χ0) is 29.4. The number of nitrogens with zero attached hydrogens (tertiary/aromatic N) is 6. The first-order chi connectivity index (χ1) is 20.2. The number of ether oxygens (including phenoxy) is 2. The van der Waals surface area contributed by atoms with Crippen LogP contribution in [0, 0.1) is 0 Å². The standard InChI is InChI=1S/C29H35BrN6O3S2Si/c1-5-39-27(37)23-24(30)41-29(32-23)35-14-8-9-19-22(18-12-13-18)26(34-33-25(19)35)36(17-38-15-16-42(2,3)4)28-31-20-10-6-7-11-21(20)40-28/h6-7,10-11,18H,5,8-9,12-17H2,1-4H3. The molecule has 0 atom stereocenters. The molecule has 2 aliphatic rings. The molecule has 6 rings (SSSR count). The molecule has 0 unspecified atom stereocenters. The number of hydrogen-bond donors (Lipinski definition) is 0. The summed E-state index contributed by atoms with van der Waals surface area (Å²) in [6.07, 6.45) is 4.13. The number of benzene rings is 1. The van der Waals surface area contributed by atoms with E-state index < -0.39 is 14.0 Å². The summed E-state index contributed by atoms with van der Waals surface area (Å²) in [5.41, 5.74) is 3.74. The Bertz CT molecular complexity index is 1570. The van der Waals surface area contributed by atoms with Crippen molar-refractivity contribution in [1.29, 1.82) is 0 Å². The number of carbonyl (C=O) groups is 1. The first-order valence-corrected chi connectivity index (χ1v) is 20.6. The summed E-state index contributed by atoms with van der Waals surface area (Å²) in [5, 5.41) is 11.3. The molecule has 13 heteroatoms. The molecule has 4 aromatic rings. The number of para-hydroxylation sites is 1. The lowest BCUT2D eigenvalue weighted by Gasteiger charge is -2.31. The second-order valence-corrected chi connectivity index (χ2v) is 20.8. The van der Waals surface area contributed by atoms with E-state index in [1.165, 1.54) is 22.5 Å². The Morgan fingerprint density at radius 3 is 2.71 bits per heavy atom. The maximum Gasteiger partial charge on any atom is 0.359 e. The highest BCUT2D eigenvalue weighted by atomic mass is 79.9. The molecule has 0 amide bonds. The summed E-state index contributed by atoms with van der Waals surface area (Å²) < 4.78 is 13.3. The van der Waals surface area contributed by atoms with Crippen molar-refractivity contribution < 1.29 is 14.3 Å². The predicted molar refractivity (Wildman–Crippen MR) is 176 cm³/mol. The van der Waals surface area contributed by atoms with Crippen molar-refractivity contribution in [2.45, 2.75) is 64.2 Å². The number of carbonyl (C=O) groups excluding carboxylic acids is 1. The fraction of sp³-hybridized carbons (Fsp3) is 0.483. The molecule has 0 radical (unpaired) electrons. The van der Waals surface area contributed by atoms with Gasteiger partial charge in [-0.05, 0) is 72.6 Å². The molecule has 1 aromatic carbocycles. The van der Waals surface area contributed by atoms with Gasteiger partial charge >= 0.3 is 5.97 Å². The maximum atomic E-state index is 12.5. The summed E-state index contributed by atoms with van der Waals surface area (Å²) in [6.45, 7) is 11.0. The molecule has 4 heterocycles. The van der Waals surface area contributed by atoms with E-state index in [4.69, 9.17) is 24.7 Å². The Morgan fingerprint density at radius 2 is 1.98 bits per heavy atom. The number of halogens is 1. The van der Waals surface area contributed by atoms with Gasteiger partial charge in [-0.1, -0.05) is 54.4 Å². The largest absolute Gasteiger partial charge is 0.461 e. The van der Waals surface area contributed by atoms with Crippen LogP contribution < -0.4 is 9.80 Å². The summed E-state index contributed by atoms with van der Waals surface area (Å²) >= 11 is 6.60. The van der Waals surface area contributed by atoms with Crippen molar-refractivity contribution in [1.82, 2.24) is 20.2 Å². The molecule has 1 aliphatic heterocycles. The lowest BCUT2D eigenvalue weighted by atomic mass is 9.97. The zero-order valence-electron chi connectivity index (χ0n) is 24.4. The van der Waals surface area contributed by atoms with Crippen LogP contribution in [0.5, 0.6) is 0 Å². The van der Waals surface area contributed by atoms with E-state index in [-0.39, 0.29) is 0 Å². The van der Waals surface area contributed by atoms with Crippen LogP contribution in [0.25, 0.3) is 10.2 Å². The number of hydrogen-bond acceptors (Lipinski definition) is 11. The molecular formula is C29H35BrN6O3S2Si. The van der Waals surface area contributed by atoms with Gasteiger partial charge < -0.3 is 14.4 Å². The highest BCUT2D eigenvalue weighted by Gasteiger charge is 2.37. The number of thiazole rings is 2. The molecule has 42 heavy (non-hydrogen) atoms. The van der Waals surface area contributed by atoms with E-state index in [1.54, 1.807) is 18.3 Å². The fourth-order valence-corrected chi connectivity index (χ4v) is 8.29. The van der Waals surface area contributed by atoms with Crippen LogP contribution in [-0.4, -0.2) is 60.7 Å². The third-order valence-electron chi connectivity index (χ3n) is 7.39. The lowest BCUT2D eigenvalue weighted by molar-refractivity contribution is 0.0519. The van der Waals surface area contributed by atoms with E-state index in [0.29, 0.717) is 40.5 Å². The maximum absolute atomic E-state index is 12.5. The van der Waals surface area contributed by atoms with Crippen LogP contribution in [0.2, 0.25) is 25.7 Å². The van der Waals surface area contributed by atoms with Crippen molar-refractivity contribution in [3.63, 3.8) is 0 Å². The molecule has 9 nitrogen and oxygen atoms in total. The van der Waals surface area contributed by atoms with Crippen LogP contribution in [0.15, 0.2) is 28.1 Å². The third kappa shape index (κ3) is 6.25. The molecule has 0 spiro atoms. The van der Waals surface area contributed by atoms with Crippen molar-refractivity contribution in [2.75, 3.05) is 36.3 Å². The van der Waals surface area contributed by atoms with Gasteiger partial charge in [-0.15, -0.1) is 10.2 Å². The second kappa shape index (κ2) is 12.3. The number of anilines is 4. The molecular weight excluding hydrogens is 652 g/mol. The number of rotatable bonds is 11. The first kappa shape index (κ1) is 29.6. The van der Waals surface area contributed by atoms with Gasteiger partial charge in [0.25, 0.3) is 0 Å². The predicted octanol–water partition coefficient (Wildman–Crippen LogP) is 7.89. The molecule has 3 aromatic heterocycles. The van der Waals surface area contributed by atoms with Gasteiger partial charge in [0.2, 0.25) is 0 Å². The normalized spacial score (nSPS) is 15.2. The van der Waals surface area contributed by atoms with Gasteiger partial charge in [0.05, 0.1) is 16.8 Å². The number of aromatic nitrogens is 4. The summed E-state index contributed by atoms with van der Waals surface area (Å²) in [4.78, 5) is 26.4. The van der Waals surface area contributed by atoms with Crippen molar-refractivity contribution in [2.24, 2.45) is 0 Å². The minimum atomic E-state index is -1.23. The topological polar surface area (TPSA) is 93.6 Å². The Balaban J connectivity index is 1.39. The van der Waals surface area contributed by atoms with Gasteiger partial charge in [-0.25, -0.2) is 14.8 Å². The van der Waals surface area contributed by atoms with Crippen molar-refractivity contribution in [3.05, 3.63) is 44.9 Å². The summed E-state index contributed by atoms with van der Waals surface area (Å²) in [5.74, 6) is 1.68. The SMILES string of the molecule is CCOC(=O)c1nc(N2CCCc3c2nnc(N(COCC[Si](C)(C)C)c2nc4ccccc4s2)c3C2CC2)sc1Br. The summed E-state index contributed by atoms with van der Waals surface area (Å²) in [6, 6.07) is 9.32. The van der Waals surface area contributed by atoms with Crippen LogP contribution in [-0.2, 0) is 15.9 Å². The van der Waals surface area contributed by atoms with Crippen LogP contribution in [0.1, 0.15) is 53.7 Å². The molecule has 1 aliphatic carbocycles. The molecule has 1 fully saturated rings. The van der Waals surface area contributed by atoms with E-state index >= 15 is 0 Å². The average molecular weight is 688 g/mol. The molecule has 0 N–H and O–H groups in total. The lowest BCUT2D eigenvalue weighted by Crippen LogP contribution is -2.30. The van der Waals surface area contributed by atoms with Gasteiger partial charge in [-0.2, -0.15) is 0 Å². The highest BCUT2D eigenvalue weighted by molar-refractivity contribution is 9.11. The Kier molecular flexibility index (Phi) is 8.65. The minimum absolute atomic E-state index is 0.299. The smallest absolute Gasteiger partial charge is 0.359 e. The second-order valence-electron chi connectivity index (χ2n) is 11.8. The Hall–Kier alpha value is -2.45. The molecule has 0 bridgehead atoms. The minimum Gasteiger partial charge on any atom is -0.461 e. The van der Waals surface area contributed by atoms with Crippen molar-refractivity contribution in [3.8, 4) is 0 Å².